The first-order valence-electron chi connectivity index (χ1n) is 3.88. The van der Waals surface area contributed by atoms with Gasteiger partial charge in [0.15, 0.2) is 0 Å². The highest BCUT2D eigenvalue weighted by Gasteiger charge is 2.28. The van der Waals surface area contributed by atoms with E-state index in [0.717, 1.165) is 5.75 Å². The van der Waals surface area contributed by atoms with Crippen LogP contribution in [0.4, 0.5) is 0 Å². The Hall–Kier alpha value is 0.220. The molecule has 0 aromatic heterocycles. The highest BCUT2D eigenvalue weighted by molar-refractivity contribution is 8.00. The van der Waals surface area contributed by atoms with Gasteiger partial charge in [-0.15, -0.1) is 11.8 Å². The first kappa shape index (κ1) is 10.3. The zero-order valence-electron chi connectivity index (χ0n) is 7.36. The molecular weight excluding hydrogens is 196 g/mol. The maximum atomic E-state index is 11.6. The fourth-order valence-electron chi connectivity index (χ4n) is 0.940. The molecule has 1 saturated heterocycles. The molecule has 1 aliphatic rings. The van der Waals surface area contributed by atoms with Crippen molar-refractivity contribution < 1.29 is 8.42 Å². The van der Waals surface area contributed by atoms with Gasteiger partial charge < -0.3 is 0 Å². The van der Waals surface area contributed by atoms with E-state index in [4.69, 9.17) is 0 Å². The minimum atomic E-state index is -3.14. The van der Waals surface area contributed by atoms with E-state index in [1.807, 2.05) is 6.92 Å². The molecule has 0 amide bonds. The lowest BCUT2D eigenvalue weighted by molar-refractivity contribution is 0.410. The third kappa shape index (κ3) is 1.93. The summed E-state index contributed by atoms with van der Waals surface area (Å²) >= 11 is 1.66. The molecule has 0 aromatic rings. The van der Waals surface area contributed by atoms with Crippen LogP contribution < -0.4 is 0 Å². The van der Waals surface area contributed by atoms with Crippen molar-refractivity contribution in [3.63, 3.8) is 0 Å². The fourth-order valence-corrected chi connectivity index (χ4v) is 3.67. The second kappa shape index (κ2) is 3.95. The molecule has 1 aliphatic heterocycles. The summed E-state index contributed by atoms with van der Waals surface area (Å²) < 4.78 is 26.1. The Kier molecular flexibility index (Phi) is 3.39. The van der Waals surface area contributed by atoms with Gasteiger partial charge in [-0.05, 0) is 0 Å². The van der Waals surface area contributed by atoms with Gasteiger partial charge >= 0.3 is 0 Å². The van der Waals surface area contributed by atoms with E-state index < -0.39 is 10.2 Å². The molecule has 1 rings (SSSR count). The normalized spacial score (nSPS) is 20.6. The average Bonchev–Trinajstić information content (AvgIpc) is 2.55. The van der Waals surface area contributed by atoms with Crippen LogP contribution in [0.15, 0.2) is 0 Å². The molecule has 0 saturated carbocycles. The van der Waals surface area contributed by atoms with Gasteiger partial charge in [-0.3, -0.25) is 0 Å². The van der Waals surface area contributed by atoms with Crippen molar-refractivity contribution in [1.29, 1.82) is 0 Å². The molecule has 0 spiro atoms. The summed E-state index contributed by atoms with van der Waals surface area (Å²) in [6, 6.07) is 0. The van der Waals surface area contributed by atoms with E-state index >= 15 is 0 Å². The van der Waals surface area contributed by atoms with E-state index in [1.54, 1.807) is 18.8 Å². The lowest BCUT2D eigenvalue weighted by Crippen LogP contribution is -2.40. The maximum absolute atomic E-state index is 11.6. The van der Waals surface area contributed by atoms with Crippen LogP contribution in [0.2, 0.25) is 0 Å². The minimum Gasteiger partial charge on any atom is -0.195 e. The topological polar surface area (TPSA) is 40.6 Å². The molecule has 4 nitrogen and oxygen atoms in total. The van der Waals surface area contributed by atoms with Crippen molar-refractivity contribution in [3.8, 4) is 0 Å². The summed E-state index contributed by atoms with van der Waals surface area (Å²) in [5.74, 6) is 1.52. The van der Waals surface area contributed by atoms with Gasteiger partial charge in [0.1, 0.15) is 0 Å². The molecule has 1 heterocycles. The monoisotopic (exact) mass is 210 g/mol. The Morgan fingerprint density at radius 1 is 1.58 bits per heavy atom. The van der Waals surface area contributed by atoms with E-state index in [-0.39, 0.29) is 0 Å². The Balaban J connectivity index is 2.70. The first-order valence-corrected chi connectivity index (χ1v) is 6.43. The Morgan fingerprint density at radius 3 is 2.67 bits per heavy atom. The third-order valence-electron chi connectivity index (χ3n) is 1.89. The van der Waals surface area contributed by atoms with E-state index in [2.05, 4.69) is 0 Å². The van der Waals surface area contributed by atoms with Crippen LogP contribution in [-0.4, -0.2) is 48.8 Å². The van der Waals surface area contributed by atoms with Crippen molar-refractivity contribution in [2.75, 3.05) is 31.8 Å². The van der Waals surface area contributed by atoms with Crippen LogP contribution in [0, 0.1) is 0 Å². The van der Waals surface area contributed by atoms with Crippen LogP contribution in [0.1, 0.15) is 6.92 Å². The number of hydrogen-bond acceptors (Lipinski definition) is 3. The highest BCUT2D eigenvalue weighted by atomic mass is 32.2. The first-order chi connectivity index (χ1) is 5.59. The molecular formula is C6H14N2O2S2. The molecule has 0 unspecified atom stereocenters. The van der Waals surface area contributed by atoms with Gasteiger partial charge in [-0.1, -0.05) is 6.92 Å². The zero-order valence-corrected chi connectivity index (χ0v) is 8.99. The average molecular weight is 210 g/mol. The molecule has 1 fully saturated rings. The Labute approximate surface area is 78.1 Å². The van der Waals surface area contributed by atoms with Crippen LogP contribution in [0.3, 0.4) is 0 Å². The van der Waals surface area contributed by atoms with E-state index in [9.17, 15) is 8.42 Å². The Morgan fingerprint density at radius 2 is 2.25 bits per heavy atom. The number of rotatable bonds is 3. The fraction of sp³-hybridized carbons (Fsp3) is 1.00. The minimum absolute atomic E-state index is 0.531. The summed E-state index contributed by atoms with van der Waals surface area (Å²) in [5.41, 5.74) is 0. The third-order valence-corrected chi connectivity index (χ3v) is 5.02. The highest BCUT2D eigenvalue weighted by Crippen LogP contribution is 2.18. The quantitative estimate of drug-likeness (QED) is 0.667. The molecule has 0 aromatic carbocycles. The van der Waals surface area contributed by atoms with Gasteiger partial charge in [0.25, 0.3) is 10.2 Å². The molecule has 0 atom stereocenters. The van der Waals surface area contributed by atoms with Gasteiger partial charge in [-0.2, -0.15) is 17.0 Å². The van der Waals surface area contributed by atoms with Crippen molar-refractivity contribution in [2.45, 2.75) is 6.92 Å². The summed E-state index contributed by atoms with van der Waals surface area (Å²) in [6.07, 6.45) is 0. The number of thioether (sulfide) groups is 1. The zero-order chi connectivity index (χ0) is 9.19. The number of nitrogens with zero attached hydrogens (tertiary/aromatic N) is 2. The summed E-state index contributed by atoms with van der Waals surface area (Å²) in [6.45, 7) is 3.02. The SMILES string of the molecule is CCN(C)S(=O)(=O)N1CCSC1. The van der Waals surface area contributed by atoms with Crippen LogP contribution in [0.25, 0.3) is 0 Å². The second-order valence-corrected chi connectivity index (χ2v) is 5.74. The molecule has 0 bridgehead atoms. The van der Waals surface area contributed by atoms with Crippen LogP contribution in [0.5, 0.6) is 0 Å². The van der Waals surface area contributed by atoms with Gasteiger partial charge in [0.05, 0.1) is 5.88 Å². The lowest BCUT2D eigenvalue weighted by Gasteiger charge is -2.21. The van der Waals surface area contributed by atoms with E-state index in [0.29, 0.717) is 19.0 Å². The molecule has 0 radical (unpaired) electrons. The number of hydrogen-bond donors (Lipinski definition) is 0. The largest absolute Gasteiger partial charge is 0.282 e. The predicted molar refractivity (Wildman–Crippen MR) is 51.3 cm³/mol. The van der Waals surface area contributed by atoms with Crippen molar-refractivity contribution in [3.05, 3.63) is 0 Å². The standard InChI is InChI=1S/C6H14N2O2S2/c1-3-7(2)12(9,10)8-4-5-11-6-8/h3-6H2,1-2H3. The van der Waals surface area contributed by atoms with Gasteiger partial charge in [0.2, 0.25) is 0 Å². The lowest BCUT2D eigenvalue weighted by atomic mass is 10.8. The van der Waals surface area contributed by atoms with E-state index in [1.165, 1.54) is 8.61 Å². The van der Waals surface area contributed by atoms with Crippen LogP contribution in [-0.2, 0) is 10.2 Å². The van der Waals surface area contributed by atoms with Crippen molar-refractivity contribution >= 4 is 22.0 Å². The van der Waals surface area contributed by atoms with Gasteiger partial charge in [-0.25, -0.2) is 0 Å². The smallest absolute Gasteiger partial charge is 0.195 e. The predicted octanol–water partition coefficient (Wildman–Crippen LogP) is 0.189. The molecule has 72 valence electrons. The van der Waals surface area contributed by atoms with Gasteiger partial charge in [0, 0.05) is 25.9 Å². The summed E-state index contributed by atoms with van der Waals surface area (Å²) in [7, 11) is -1.53. The van der Waals surface area contributed by atoms with Crippen LogP contribution >= 0.6 is 11.8 Å². The molecule has 0 aliphatic carbocycles. The molecule has 6 heteroatoms. The molecule has 0 N–H and O–H groups in total. The Bertz CT molecular complexity index is 234. The maximum Gasteiger partial charge on any atom is 0.282 e. The second-order valence-electron chi connectivity index (χ2n) is 2.63. The summed E-state index contributed by atoms with van der Waals surface area (Å²) in [5, 5.41) is 0. The van der Waals surface area contributed by atoms with Crippen molar-refractivity contribution in [1.82, 2.24) is 8.61 Å². The summed E-state index contributed by atoms with van der Waals surface area (Å²) in [4.78, 5) is 0. The van der Waals surface area contributed by atoms with Crippen molar-refractivity contribution in [2.24, 2.45) is 0 Å². The molecule has 12 heavy (non-hydrogen) atoms.